The molecule has 2 rings (SSSR count). The van der Waals surface area contributed by atoms with E-state index < -0.39 is 0 Å². The van der Waals surface area contributed by atoms with Crippen LogP contribution in [0, 0.1) is 13.8 Å². The minimum Gasteiger partial charge on any atom is -0.344 e. The van der Waals surface area contributed by atoms with Gasteiger partial charge in [0.2, 0.25) is 0 Å². The summed E-state index contributed by atoms with van der Waals surface area (Å²) in [7, 11) is 0. The number of aromatic nitrogens is 3. The fraction of sp³-hybridized carbons (Fsp3) is 0.562. The van der Waals surface area contributed by atoms with Gasteiger partial charge in [-0.05, 0) is 40.5 Å². The van der Waals surface area contributed by atoms with Gasteiger partial charge in [0, 0.05) is 23.2 Å². The van der Waals surface area contributed by atoms with Crippen LogP contribution in [0.1, 0.15) is 65.7 Å². The molecule has 2 heterocycles. The lowest BCUT2D eigenvalue weighted by Crippen LogP contribution is -2.27. The van der Waals surface area contributed by atoms with Gasteiger partial charge in [-0.25, -0.2) is 4.98 Å². The zero-order valence-electron chi connectivity index (χ0n) is 13.9. The molecule has 1 unspecified atom stereocenters. The first-order valence-corrected chi connectivity index (χ1v) is 8.65. The quantitative estimate of drug-likeness (QED) is 0.887. The lowest BCUT2D eigenvalue weighted by atomic mass is 10.1. The number of nitrogens with one attached hydrogen (secondary N) is 1. The third-order valence-electron chi connectivity index (χ3n) is 3.77. The van der Waals surface area contributed by atoms with Crippen LogP contribution in [0.4, 0.5) is 0 Å². The maximum atomic E-state index is 12.4. The van der Waals surface area contributed by atoms with E-state index in [9.17, 15) is 4.79 Å². The summed E-state index contributed by atoms with van der Waals surface area (Å²) < 4.78 is 1.97. The number of carbonyl (C=O) groups is 1. The Bertz CT molecular complexity index is 659. The number of nitrogens with zero attached hydrogens (tertiary/aromatic N) is 3. The lowest BCUT2D eigenvalue weighted by molar-refractivity contribution is 0.0935. The summed E-state index contributed by atoms with van der Waals surface area (Å²) in [6, 6.07) is -0.0795. The predicted octanol–water partition coefficient (Wildman–Crippen LogP) is 3.42. The summed E-state index contributed by atoms with van der Waals surface area (Å²) >= 11 is 1.55. The van der Waals surface area contributed by atoms with E-state index in [-0.39, 0.29) is 11.9 Å². The number of amides is 1. The van der Waals surface area contributed by atoms with E-state index >= 15 is 0 Å². The van der Waals surface area contributed by atoms with E-state index in [1.54, 1.807) is 11.3 Å². The van der Waals surface area contributed by atoms with Gasteiger partial charge in [-0.2, -0.15) is 5.10 Å². The van der Waals surface area contributed by atoms with Crippen molar-refractivity contribution in [2.24, 2.45) is 0 Å². The highest BCUT2D eigenvalue weighted by atomic mass is 32.1. The molecule has 2 aromatic heterocycles. The average molecular weight is 320 g/mol. The van der Waals surface area contributed by atoms with Crippen LogP contribution in [-0.4, -0.2) is 20.7 Å². The van der Waals surface area contributed by atoms with Crippen LogP contribution in [0.25, 0.3) is 0 Å². The summed E-state index contributed by atoms with van der Waals surface area (Å²) in [5.41, 5.74) is 3.69. The largest absolute Gasteiger partial charge is 0.344 e. The van der Waals surface area contributed by atoms with Crippen LogP contribution in [0.15, 0.2) is 5.38 Å². The standard InChI is InChI=1S/C16H24N4OS/c1-6-8-14-18-13(9-22-14)16(21)17-10(3)15-11(4)19-20(7-2)12(15)5/h9-10H,6-8H2,1-5H3,(H,17,21). The normalized spacial score (nSPS) is 12.4. The molecule has 0 aliphatic heterocycles. The molecule has 0 radical (unpaired) electrons. The molecule has 1 atom stereocenters. The van der Waals surface area contributed by atoms with Crippen LogP contribution in [-0.2, 0) is 13.0 Å². The fourth-order valence-corrected chi connectivity index (χ4v) is 3.61. The summed E-state index contributed by atoms with van der Waals surface area (Å²) in [4.78, 5) is 16.7. The van der Waals surface area contributed by atoms with Crippen molar-refractivity contribution in [2.75, 3.05) is 0 Å². The molecule has 0 bridgehead atoms. The van der Waals surface area contributed by atoms with Crippen molar-refractivity contribution in [1.29, 1.82) is 0 Å². The summed E-state index contributed by atoms with van der Waals surface area (Å²) in [6.45, 7) is 11.0. The monoisotopic (exact) mass is 320 g/mol. The first kappa shape index (κ1) is 16.7. The van der Waals surface area contributed by atoms with Crippen LogP contribution in [0.2, 0.25) is 0 Å². The molecule has 1 N–H and O–H groups in total. The van der Waals surface area contributed by atoms with Gasteiger partial charge in [-0.3, -0.25) is 9.48 Å². The molecule has 0 aliphatic rings. The smallest absolute Gasteiger partial charge is 0.271 e. The van der Waals surface area contributed by atoms with Crippen molar-refractivity contribution in [3.8, 4) is 0 Å². The molecule has 0 aliphatic carbocycles. The minimum atomic E-state index is -0.117. The van der Waals surface area contributed by atoms with Gasteiger partial charge in [-0.1, -0.05) is 6.92 Å². The first-order chi connectivity index (χ1) is 10.5. The van der Waals surface area contributed by atoms with Crippen molar-refractivity contribution in [1.82, 2.24) is 20.1 Å². The maximum Gasteiger partial charge on any atom is 0.271 e. The molecule has 6 heteroatoms. The van der Waals surface area contributed by atoms with E-state index in [4.69, 9.17) is 0 Å². The average Bonchev–Trinajstić information content (AvgIpc) is 3.04. The van der Waals surface area contributed by atoms with E-state index in [0.717, 1.165) is 41.3 Å². The molecule has 2 aromatic rings. The molecule has 5 nitrogen and oxygen atoms in total. The summed E-state index contributed by atoms with van der Waals surface area (Å²) in [5, 5.41) is 10.4. The number of hydrogen-bond donors (Lipinski definition) is 1. The minimum absolute atomic E-state index is 0.0795. The maximum absolute atomic E-state index is 12.4. The third kappa shape index (κ3) is 3.38. The van der Waals surface area contributed by atoms with Gasteiger partial charge in [-0.15, -0.1) is 11.3 Å². The highest BCUT2D eigenvalue weighted by molar-refractivity contribution is 7.09. The Morgan fingerprint density at radius 3 is 2.73 bits per heavy atom. The highest BCUT2D eigenvalue weighted by Gasteiger charge is 2.20. The second-order valence-electron chi connectivity index (χ2n) is 5.47. The highest BCUT2D eigenvalue weighted by Crippen LogP contribution is 2.22. The van der Waals surface area contributed by atoms with E-state index in [0.29, 0.717) is 5.69 Å². The summed E-state index contributed by atoms with van der Waals surface area (Å²) in [6.07, 6.45) is 1.97. The topological polar surface area (TPSA) is 59.8 Å². The molecule has 0 saturated carbocycles. The number of aryl methyl sites for hydroxylation is 3. The van der Waals surface area contributed by atoms with Crippen LogP contribution >= 0.6 is 11.3 Å². The number of rotatable bonds is 6. The molecule has 1 amide bonds. The molecular weight excluding hydrogens is 296 g/mol. The molecule has 0 spiro atoms. The molecule has 0 saturated heterocycles. The Kier molecular flexibility index (Phi) is 5.34. The SMILES string of the molecule is CCCc1nc(C(=O)NC(C)c2c(C)nn(CC)c2C)cs1. The Labute approximate surface area is 135 Å². The molecule has 22 heavy (non-hydrogen) atoms. The third-order valence-corrected chi connectivity index (χ3v) is 4.67. The van der Waals surface area contributed by atoms with Gasteiger partial charge >= 0.3 is 0 Å². The van der Waals surface area contributed by atoms with Crippen LogP contribution in [0.3, 0.4) is 0 Å². The molecule has 0 aromatic carbocycles. The zero-order chi connectivity index (χ0) is 16.3. The molecule has 0 fully saturated rings. The van der Waals surface area contributed by atoms with Gasteiger partial charge in [0.15, 0.2) is 0 Å². The van der Waals surface area contributed by atoms with Gasteiger partial charge in [0.25, 0.3) is 5.91 Å². The number of hydrogen-bond acceptors (Lipinski definition) is 4. The Balaban J connectivity index is 2.12. The fourth-order valence-electron chi connectivity index (χ4n) is 2.73. The molecular formula is C16H24N4OS. The van der Waals surface area contributed by atoms with Gasteiger partial charge in [0.05, 0.1) is 16.7 Å². The van der Waals surface area contributed by atoms with Crippen molar-refractivity contribution in [2.45, 2.75) is 60.0 Å². The molecule has 120 valence electrons. The zero-order valence-corrected chi connectivity index (χ0v) is 14.8. The Hall–Kier alpha value is -1.69. The first-order valence-electron chi connectivity index (χ1n) is 7.77. The van der Waals surface area contributed by atoms with Gasteiger partial charge < -0.3 is 5.32 Å². The predicted molar refractivity (Wildman–Crippen MR) is 89.4 cm³/mol. The van der Waals surface area contributed by atoms with Crippen molar-refractivity contribution >= 4 is 17.2 Å². The Morgan fingerprint density at radius 2 is 2.14 bits per heavy atom. The van der Waals surface area contributed by atoms with E-state index in [1.165, 1.54) is 0 Å². The van der Waals surface area contributed by atoms with Crippen molar-refractivity contribution < 1.29 is 4.79 Å². The second kappa shape index (κ2) is 7.05. The van der Waals surface area contributed by atoms with Crippen molar-refractivity contribution in [3.05, 3.63) is 33.0 Å². The van der Waals surface area contributed by atoms with Crippen LogP contribution < -0.4 is 5.32 Å². The van der Waals surface area contributed by atoms with Crippen LogP contribution in [0.5, 0.6) is 0 Å². The van der Waals surface area contributed by atoms with Gasteiger partial charge in [0.1, 0.15) is 5.69 Å². The van der Waals surface area contributed by atoms with Crippen molar-refractivity contribution in [3.63, 3.8) is 0 Å². The Morgan fingerprint density at radius 1 is 1.41 bits per heavy atom. The van der Waals surface area contributed by atoms with E-state index in [2.05, 4.69) is 29.2 Å². The second-order valence-corrected chi connectivity index (χ2v) is 6.41. The number of carbonyl (C=O) groups excluding carboxylic acids is 1. The lowest BCUT2D eigenvalue weighted by Gasteiger charge is -2.14. The summed E-state index contributed by atoms with van der Waals surface area (Å²) in [5.74, 6) is -0.117. The number of thiazole rings is 1. The van der Waals surface area contributed by atoms with E-state index in [1.807, 2.05) is 30.8 Å².